The third-order valence-corrected chi connectivity index (χ3v) is 6.72. The third kappa shape index (κ3) is 6.33. The van der Waals surface area contributed by atoms with E-state index in [0.717, 1.165) is 23.9 Å². The number of nitrogens with zero attached hydrogens (tertiary/aromatic N) is 4. The van der Waals surface area contributed by atoms with Crippen molar-refractivity contribution in [1.29, 1.82) is 0 Å². The zero-order valence-corrected chi connectivity index (χ0v) is 19.8. The van der Waals surface area contributed by atoms with Gasteiger partial charge in [0, 0.05) is 30.1 Å². The maximum Gasteiger partial charge on any atom is 0.269 e. The lowest BCUT2D eigenvalue weighted by molar-refractivity contribution is -0.384. The monoisotopic (exact) mass is 471 g/mol. The molecule has 8 nitrogen and oxygen atoms in total. The Kier molecular flexibility index (Phi) is 8.29. The number of benzene rings is 2. The molecule has 1 aromatic heterocycles. The predicted octanol–water partition coefficient (Wildman–Crippen LogP) is 4.99. The first-order chi connectivity index (χ1) is 15.4. The van der Waals surface area contributed by atoms with Crippen LogP contribution in [-0.2, 0) is 22.8 Å². The Balaban J connectivity index is 1.53. The number of nitrogens with one attached hydrogen (secondary N) is 1. The Hall–Kier alpha value is -2.85. The normalized spacial score (nSPS) is 10.8. The summed E-state index contributed by atoms with van der Waals surface area (Å²) in [5.74, 6) is 2.50. The molecule has 0 bridgehead atoms. The van der Waals surface area contributed by atoms with Gasteiger partial charge < -0.3 is 9.88 Å². The molecule has 0 aliphatic carbocycles. The molecular weight excluding hydrogens is 446 g/mol. The summed E-state index contributed by atoms with van der Waals surface area (Å²) in [7, 11) is 0. The molecular formula is C22H25N5O3S2. The summed E-state index contributed by atoms with van der Waals surface area (Å²) >= 11 is 3.10. The van der Waals surface area contributed by atoms with Crippen LogP contribution in [0.25, 0.3) is 0 Å². The van der Waals surface area contributed by atoms with E-state index in [1.807, 2.05) is 11.5 Å². The number of aryl methyl sites for hydroxylation is 2. The van der Waals surface area contributed by atoms with Crippen molar-refractivity contribution in [2.75, 3.05) is 11.1 Å². The van der Waals surface area contributed by atoms with Crippen LogP contribution in [-0.4, -0.2) is 31.3 Å². The Morgan fingerprint density at radius 1 is 1.12 bits per heavy atom. The molecule has 1 heterocycles. The number of aromatic nitrogens is 3. The number of non-ortho nitro benzene ring substituents is 1. The van der Waals surface area contributed by atoms with Crippen LogP contribution in [0.5, 0.6) is 0 Å². The molecule has 0 saturated carbocycles. The van der Waals surface area contributed by atoms with Gasteiger partial charge in [-0.3, -0.25) is 14.9 Å². The number of carbonyl (C=O) groups is 1. The number of thioether (sulfide) groups is 2. The van der Waals surface area contributed by atoms with Crippen molar-refractivity contribution < 1.29 is 9.72 Å². The van der Waals surface area contributed by atoms with Crippen molar-refractivity contribution in [2.24, 2.45) is 0 Å². The van der Waals surface area contributed by atoms with Crippen LogP contribution >= 0.6 is 23.5 Å². The minimum atomic E-state index is -0.456. The molecule has 0 atom stereocenters. The molecule has 0 unspecified atom stereocenters. The Labute approximate surface area is 195 Å². The van der Waals surface area contributed by atoms with E-state index in [-0.39, 0.29) is 17.3 Å². The summed E-state index contributed by atoms with van der Waals surface area (Å²) in [6.45, 7) is 6.55. The van der Waals surface area contributed by atoms with Gasteiger partial charge in [0.05, 0.1) is 16.4 Å². The van der Waals surface area contributed by atoms with E-state index in [9.17, 15) is 14.9 Å². The highest BCUT2D eigenvalue weighted by atomic mass is 32.2. The first-order valence-electron chi connectivity index (χ1n) is 10.1. The van der Waals surface area contributed by atoms with Crippen molar-refractivity contribution in [3.05, 3.63) is 75.1 Å². The van der Waals surface area contributed by atoms with Gasteiger partial charge in [0.15, 0.2) is 5.16 Å². The van der Waals surface area contributed by atoms with Gasteiger partial charge in [0.2, 0.25) is 5.91 Å². The van der Waals surface area contributed by atoms with Gasteiger partial charge in [-0.2, -0.15) is 0 Å². The fourth-order valence-corrected chi connectivity index (χ4v) is 4.76. The SMILES string of the molecule is CCn1c(CSCc2ccc(C)cc2)nnc1SCC(=O)Nc1ccc([N+](=O)[O-])cc1C. The van der Waals surface area contributed by atoms with E-state index in [1.54, 1.807) is 24.8 Å². The second-order valence-electron chi connectivity index (χ2n) is 7.21. The summed E-state index contributed by atoms with van der Waals surface area (Å²) in [4.78, 5) is 22.8. The summed E-state index contributed by atoms with van der Waals surface area (Å²) < 4.78 is 2.03. The molecule has 3 aromatic rings. The minimum absolute atomic E-state index is 0.00120. The van der Waals surface area contributed by atoms with Crippen LogP contribution < -0.4 is 5.32 Å². The number of nitro benzene ring substituents is 1. The minimum Gasteiger partial charge on any atom is -0.325 e. The molecule has 0 fully saturated rings. The molecule has 1 N–H and O–H groups in total. The van der Waals surface area contributed by atoms with Crippen LogP contribution in [0.4, 0.5) is 11.4 Å². The Bertz CT molecular complexity index is 1100. The van der Waals surface area contributed by atoms with Crippen molar-refractivity contribution >= 4 is 40.8 Å². The summed E-state index contributed by atoms with van der Waals surface area (Å²) in [6, 6.07) is 12.9. The Morgan fingerprint density at radius 3 is 2.53 bits per heavy atom. The van der Waals surface area contributed by atoms with Gasteiger partial charge in [-0.15, -0.1) is 22.0 Å². The van der Waals surface area contributed by atoms with Crippen LogP contribution in [0.15, 0.2) is 47.6 Å². The van der Waals surface area contributed by atoms with Gasteiger partial charge in [-0.25, -0.2) is 0 Å². The lowest BCUT2D eigenvalue weighted by atomic mass is 10.2. The van der Waals surface area contributed by atoms with Crippen molar-refractivity contribution in [3.8, 4) is 0 Å². The largest absolute Gasteiger partial charge is 0.325 e. The molecule has 2 aromatic carbocycles. The average molecular weight is 472 g/mol. The summed E-state index contributed by atoms with van der Waals surface area (Å²) in [6.07, 6.45) is 0. The van der Waals surface area contributed by atoms with Crippen LogP contribution in [0, 0.1) is 24.0 Å². The highest BCUT2D eigenvalue weighted by Crippen LogP contribution is 2.24. The highest BCUT2D eigenvalue weighted by molar-refractivity contribution is 7.99. The van der Waals surface area contributed by atoms with Gasteiger partial charge in [0.25, 0.3) is 5.69 Å². The molecule has 1 amide bonds. The standard InChI is InChI=1S/C22H25N5O3S2/c1-4-26-20(13-31-12-17-7-5-15(2)6-8-17)24-25-22(26)32-14-21(28)23-19-10-9-18(27(29)30)11-16(19)3/h5-11H,4,12-14H2,1-3H3,(H,23,28). The molecule has 0 saturated heterocycles. The van der Waals surface area contributed by atoms with Crippen LogP contribution in [0.2, 0.25) is 0 Å². The topological polar surface area (TPSA) is 103 Å². The van der Waals surface area contributed by atoms with E-state index >= 15 is 0 Å². The van der Waals surface area contributed by atoms with E-state index < -0.39 is 4.92 Å². The smallest absolute Gasteiger partial charge is 0.269 e. The second kappa shape index (κ2) is 11.1. The number of hydrogen-bond donors (Lipinski definition) is 1. The van der Waals surface area contributed by atoms with E-state index in [2.05, 4.69) is 46.7 Å². The number of amides is 1. The number of rotatable bonds is 10. The van der Waals surface area contributed by atoms with Crippen molar-refractivity contribution in [1.82, 2.24) is 14.8 Å². The lowest BCUT2D eigenvalue weighted by Gasteiger charge is -2.09. The fourth-order valence-electron chi connectivity index (χ4n) is 3.01. The molecule has 3 rings (SSSR count). The van der Waals surface area contributed by atoms with Crippen molar-refractivity contribution in [2.45, 2.75) is 44.0 Å². The molecule has 10 heteroatoms. The van der Waals surface area contributed by atoms with E-state index in [4.69, 9.17) is 0 Å². The fraction of sp³-hybridized carbons (Fsp3) is 0.318. The third-order valence-electron chi connectivity index (χ3n) is 4.76. The van der Waals surface area contributed by atoms with Crippen molar-refractivity contribution in [3.63, 3.8) is 0 Å². The summed E-state index contributed by atoms with van der Waals surface area (Å²) in [5, 5.41) is 22.9. The van der Waals surface area contributed by atoms with Crippen LogP contribution in [0.3, 0.4) is 0 Å². The first kappa shape index (κ1) is 23.8. The molecule has 168 valence electrons. The molecule has 0 radical (unpaired) electrons. The maximum absolute atomic E-state index is 12.4. The van der Waals surface area contributed by atoms with Gasteiger partial charge in [-0.05, 0) is 38.0 Å². The zero-order valence-electron chi connectivity index (χ0n) is 18.2. The van der Waals surface area contributed by atoms with Gasteiger partial charge in [-0.1, -0.05) is 41.6 Å². The number of hydrogen-bond acceptors (Lipinski definition) is 7. The summed E-state index contributed by atoms with van der Waals surface area (Å²) in [5.41, 5.74) is 3.72. The molecule has 0 aliphatic heterocycles. The van der Waals surface area contributed by atoms with Gasteiger partial charge >= 0.3 is 0 Å². The number of carbonyl (C=O) groups excluding carboxylic acids is 1. The molecule has 32 heavy (non-hydrogen) atoms. The maximum atomic E-state index is 12.4. The molecule has 0 aliphatic rings. The predicted molar refractivity (Wildman–Crippen MR) is 129 cm³/mol. The average Bonchev–Trinajstić information content (AvgIpc) is 3.16. The highest BCUT2D eigenvalue weighted by Gasteiger charge is 2.15. The Morgan fingerprint density at radius 2 is 1.88 bits per heavy atom. The quantitative estimate of drug-likeness (QED) is 0.252. The number of nitro groups is 1. The second-order valence-corrected chi connectivity index (χ2v) is 9.14. The van der Waals surface area contributed by atoms with Gasteiger partial charge in [0.1, 0.15) is 5.82 Å². The van der Waals surface area contributed by atoms with E-state index in [0.29, 0.717) is 16.4 Å². The zero-order chi connectivity index (χ0) is 23.1. The lowest BCUT2D eigenvalue weighted by Crippen LogP contribution is -2.15. The first-order valence-corrected chi connectivity index (χ1v) is 12.2. The number of anilines is 1. The van der Waals surface area contributed by atoms with E-state index in [1.165, 1.54) is 35.0 Å². The molecule has 0 spiro atoms. The van der Waals surface area contributed by atoms with Crippen LogP contribution in [0.1, 0.15) is 29.4 Å².